The number of carboxylic acid groups (broad SMARTS) is 1. The van der Waals surface area contributed by atoms with Crippen molar-refractivity contribution in [3.05, 3.63) is 53.9 Å². The molecular formula is C16H13N3O2. The van der Waals surface area contributed by atoms with Gasteiger partial charge in [-0.3, -0.25) is 0 Å². The van der Waals surface area contributed by atoms with Crippen LogP contribution in [-0.4, -0.2) is 26.1 Å². The number of carbonyl (C=O) groups is 1. The van der Waals surface area contributed by atoms with Crippen molar-refractivity contribution in [2.24, 2.45) is 0 Å². The third-order valence-corrected chi connectivity index (χ3v) is 3.87. The average Bonchev–Trinajstić information content (AvgIpc) is 3.25. The Kier molecular flexibility index (Phi) is 2.54. The van der Waals surface area contributed by atoms with Gasteiger partial charge in [0.15, 0.2) is 5.69 Å². The summed E-state index contributed by atoms with van der Waals surface area (Å²) in [6.07, 6.45) is 2.00. The fraction of sp³-hybridized carbons (Fsp3) is 0.188. The van der Waals surface area contributed by atoms with Crippen LogP contribution in [0.3, 0.4) is 0 Å². The molecule has 1 N–H and O–H groups in total. The fourth-order valence-corrected chi connectivity index (χ4v) is 2.74. The molecular weight excluding hydrogens is 266 g/mol. The van der Waals surface area contributed by atoms with Crippen LogP contribution in [0.15, 0.2) is 42.5 Å². The highest BCUT2D eigenvalue weighted by Crippen LogP contribution is 2.42. The molecule has 1 aliphatic carbocycles. The fourth-order valence-electron chi connectivity index (χ4n) is 2.74. The molecule has 1 fully saturated rings. The summed E-state index contributed by atoms with van der Waals surface area (Å²) in [6, 6.07) is 13.9. The lowest BCUT2D eigenvalue weighted by molar-refractivity contribution is 0.0689. The Morgan fingerprint density at radius 1 is 1.14 bits per heavy atom. The summed E-state index contributed by atoms with van der Waals surface area (Å²) in [4.78, 5) is 11.3. The van der Waals surface area contributed by atoms with Crippen molar-refractivity contribution >= 4 is 16.7 Å². The number of hydrogen-bond acceptors (Lipinski definition) is 3. The van der Waals surface area contributed by atoms with Crippen LogP contribution in [0.25, 0.3) is 16.5 Å². The molecule has 0 unspecified atom stereocenters. The van der Waals surface area contributed by atoms with E-state index in [9.17, 15) is 9.90 Å². The van der Waals surface area contributed by atoms with Gasteiger partial charge in [0, 0.05) is 11.3 Å². The van der Waals surface area contributed by atoms with Gasteiger partial charge in [-0.15, -0.1) is 5.10 Å². The van der Waals surface area contributed by atoms with E-state index >= 15 is 0 Å². The van der Waals surface area contributed by atoms with Crippen LogP contribution in [-0.2, 0) is 0 Å². The number of fused-ring (bicyclic) bond motifs is 1. The zero-order valence-corrected chi connectivity index (χ0v) is 11.2. The van der Waals surface area contributed by atoms with Gasteiger partial charge in [0.05, 0.1) is 11.4 Å². The van der Waals surface area contributed by atoms with Gasteiger partial charge in [-0.25, -0.2) is 9.48 Å². The maximum absolute atomic E-state index is 11.3. The van der Waals surface area contributed by atoms with Crippen molar-refractivity contribution < 1.29 is 9.90 Å². The first-order chi connectivity index (χ1) is 10.3. The zero-order valence-electron chi connectivity index (χ0n) is 11.2. The molecule has 1 heterocycles. The summed E-state index contributed by atoms with van der Waals surface area (Å²) in [5, 5.41) is 19.4. The Bertz CT molecular complexity index is 844. The van der Waals surface area contributed by atoms with E-state index in [4.69, 9.17) is 0 Å². The Morgan fingerprint density at radius 3 is 2.67 bits per heavy atom. The van der Waals surface area contributed by atoms with Crippen molar-refractivity contribution in [2.75, 3.05) is 0 Å². The van der Waals surface area contributed by atoms with E-state index in [0.29, 0.717) is 0 Å². The molecule has 0 atom stereocenters. The van der Waals surface area contributed by atoms with Crippen molar-refractivity contribution in [2.45, 2.75) is 18.8 Å². The molecule has 5 nitrogen and oxygen atoms in total. The largest absolute Gasteiger partial charge is 0.476 e. The van der Waals surface area contributed by atoms with Gasteiger partial charge in [0.25, 0.3) is 0 Å². The second-order valence-electron chi connectivity index (χ2n) is 5.31. The summed E-state index contributed by atoms with van der Waals surface area (Å²) in [6.45, 7) is 0. The SMILES string of the molecule is O=C(O)c1nnn(-c2cccc3ccccc23)c1C1CC1. The lowest BCUT2D eigenvalue weighted by Crippen LogP contribution is -2.06. The molecule has 1 aromatic heterocycles. The third kappa shape index (κ3) is 1.89. The van der Waals surface area contributed by atoms with Crippen molar-refractivity contribution in [3.63, 3.8) is 0 Å². The number of hydrogen-bond donors (Lipinski definition) is 1. The second-order valence-corrected chi connectivity index (χ2v) is 5.31. The smallest absolute Gasteiger partial charge is 0.358 e. The number of aromatic nitrogens is 3. The van der Waals surface area contributed by atoms with Crippen LogP contribution in [0.1, 0.15) is 34.9 Å². The van der Waals surface area contributed by atoms with Crippen LogP contribution in [0, 0.1) is 0 Å². The first-order valence-electron chi connectivity index (χ1n) is 6.93. The second kappa shape index (κ2) is 4.41. The van der Waals surface area contributed by atoms with Crippen molar-refractivity contribution in [1.82, 2.24) is 15.0 Å². The highest BCUT2D eigenvalue weighted by molar-refractivity contribution is 5.91. The predicted molar refractivity (Wildman–Crippen MR) is 77.8 cm³/mol. The molecule has 5 heteroatoms. The van der Waals surface area contributed by atoms with Crippen LogP contribution >= 0.6 is 0 Å². The van der Waals surface area contributed by atoms with Crippen LogP contribution in [0.2, 0.25) is 0 Å². The normalized spacial score (nSPS) is 14.5. The van der Waals surface area contributed by atoms with E-state index in [0.717, 1.165) is 35.0 Å². The first-order valence-corrected chi connectivity index (χ1v) is 6.93. The third-order valence-electron chi connectivity index (χ3n) is 3.87. The van der Waals surface area contributed by atoms with Crippen LogP contribution in [0.5, 0.6) is 0 Å². The Labute approximate surface area is 120 Å². The molecule has 104 valence electrons. The molecule has 21 heavy (non-hydrogen) atoms. The molecule has 1 aliphatic rings. The van der Waals surface area contributed by atoms with E-state index in [1.807, 2.05) is 42.5 Å². The molecule has 0 bridgehead atoms. The van der Waals surface area contributed by atoms with Gasteiger partial charge in [-0.2, -0.15) is 0 Å². The minimum absolute atomic E-state index is 0.0745. The van der Waals surface area contributed by atoms with Gasteiger partial charge >= 0.3 is 5.97 Å². The summed E-state index contributed by atoms with van der Waals surface area (Å²) in [5.74, 6) is -0.756. The van der Waals surface area contributed by atoms with Gasteiger partial charge in [0.1, 0.15) is 0 Å². The Balaban J connectivity index is 1.99. The minimum atomic E-state index is -1.01. The maximum Gasteiger partial charge on any atom is 0.358 e. The highest BCUT2D eigenvalue weighted by atomic mass is 16.4. The molecule has 0 aliphatic heterocycles. The van der Waals surface area contributed by atoms with Crippen molar-refractivity contribution in [1.29, 1.82) is 0 Å². The minimum Gasteiger partial charge on any atom is -0.476 e. The average molecular weight is 279 g/mol. The summed E-state index contributed by atoms with van der Waals surface area (Å²) in [5.41, 5.74) is 1.68. The van der Waals surface area contributed by atoms with E-state index in [1.54, 1.807) is 4.68 Å². The maximum atomic E-state index is 11.3. The molecule has 0 amide bonds. The van der Waals surface area contributed by atoms with E-state index in [-0.39, 0.29) is 11.6 Å². The lowest BCUT2D eigenvalue weighted by atomic mass is 10.1. The van der Waals surface area contributed by atoms with E-state index in [2.05, 4.69) is 10.3 Å². The first kappa shape index (κ1) is 12.1. The standard InChI is InChI=1S/C16H13N3O2/c20-16(21)14-15(11-8-9-11)19(18-17-14)13-7-3-5-10-4-1-2-6-12(10)13/h1-7,11H,8-9H2,(H,20,21). The van der Waals surface area contributed by atoms with Crippen LogP contribution < -0.4 is 0 Å². The molecule has 0 saturated heterocycles. The summed E-state index contributed by atoms with van der Waals surface area (Å²) in [7, 11) is 0. The quantitative estimate of drug-likeness (QED) is 0.800. The number of nitrogens with zero attached hydrogens (tertiary/aromatic N) is 3. The Morgan fingerprint density at radius 2 is 1.90 bits per heavy atom. The van der Waals surface area contributed by atoms with Crippen molar-refractivity contribution in [3.8, 4) is 5.69 Å². The number of carboxylic acids is 1. The van der Waals surface area contributed by atoms with Gasteiger partial charge < -0.3 is 5.11 Å². The predicted octanol–water partition coefficient (Wildman–Crippen LogP) is 3.00. The summed E-state index contributed by atoms with van der Waals surface area (Å²) < 4.78 is 1.70. The number of rotatable bonds is 3. The zero-order chi connectivity index (χ0) is 14.4. The van der Waals surface area contributed by atoms with E-state index < -0.39 is 5.97 Å². The van der Waals surface area contributed by atoms with Gasteiger partial charge in [-0.1, -0.05) is 41.6 Å². The van der Waals surface area contributed by atoms with Gasteiger partial charge in [0.2, 0.25) is 0 Å². The molecule has 0 radical (unpaired) electrons. The highest BCUT2D eigenvalue weighted by Gasteiger charge is 2.34. The molecule has 3 aromatic rings. The topological polar surface area (TPSA) is 68.0 Å². The number of aromatic carboxylic acids is 1. The number of benzene rings is 2. The summed E-state index contributed by atoms with van der Waals surface area (Å²) >= 11 is 0. The molecule has 1 saturated carbocycles. The van der Waals surface area contributed by atoms with Crippen LogP contribution in [0.4, 0.5) is 0 Å². The molecule has 4 rings (SSSR count). The Hall–Kier alpha value is -2.69. The molecule has 0 spiro atoms. The van der Waals surface area contributed by atoms with E-state index in [1.165, 1.54) is 0 Å². The van der Waals surface area contributed by atoms with Gasteiger partial charge in [-0.05, 0) is 24.3 Å². The molecule has 2 aromatic carbocycles. The lowest BCUT2D eigenvalue weighted by Gasteiger charge is -2.09. The monoisotopic (exact) mass is 279 g/mol.